The molecule has 0 fully saturated rings. The Morgan fingerprint density at radius 3 is 2.38 bits per heavy atom. The number of anilines is 2. The molecule has 7 nitrogen and oxygen atoms in total. The molecule has 148 valence electrons. The summed E-state index contributed by atoms with van der Waals surface area (Å²) in [6.07, 6.45) is 1.59. The highest BCUT2D eigenvalue weighted by Crippen LogP contribution is 2.18. The molecule has 0 unspecified atom stereocenters. The van der Waals surface area contributed by atoms with Crippen LogP contribution in [-0.2, 0) is 11.3 Å². The number of ether oxygens (including phenoxy) is 2. The summed E-state index contributed by atoms with van der Waals surface area (Å²) in [7, 11) is 2.92. The van der Waals surface area contributed by atoms with Gasteiger partial charge in [-0.1, -0.05) is 24.3 Å². The number of hydrogen-bond donors (Lipinski definition) is 2. The fourth-order valence-electron chi connectivity index (χ4n) is 2.65. The predicted octanol–water partition coefficient (Wildman–Crippen LogP) is 3.74. The number of pyridine rings is 1. The smallest absolute Gasteiger partial charge is 0.339 e. The number of carbonyl (C=O) groups is 2. The number of esters is 1. The number of nitrogens with zero attached hydrogens (tertiary/aromatic N) is 1. The second-order valence-corrected chi connectivity index (χ2v) is 6.13. The van der Waals surface area contributed by atoms with Gasteiger partial charge in [-0.25, -0.2) is 9.78 Å². The Morgan fingerprint density at radius 2 is 1.72 bits per heavy atom. The average molecular weight is 391 g/mol. The number of rotatable bonds is 7. The van der Waals surface area contributed by atoms with Gasteiger partial charge in [-0.15, -0.1) is 0 Å². The van der Waals surface area contributed by atoms with Crippen molar-refractivity contribution in [3.63, 3.8) is 0 Å². The molecule has 0 bridgehead atoms. The van der Waals surface area contributed by atoms with E-state index in [2.05, 4.69) is 15.6 Å². The van der Waals surface area contributed by atoms with Crippen molar-refractivity contribution in [1.82, 2.24) is 4.98 Å². The number of methoxy groups -OCH3 is 2. The van der Waals surface area contributed by atoms with Crippen LogP contribution in [0.4, 0.5) is 11.4 Å². The van der Waals surface area contributed by atoms with Gasteiger partial charge in [0, 0.05) is 6.54 Å². The van der Waals surface area contributed by atoms with Crippen molar-refractivity contribution in [1.29, 1.82) is 0 Å². The second kappa shape index (κ2) is 9.36. The molecule has 2 N–H and O–H groups in total. The van der Waals surface area contributed by atoms with Crippen molar-refractivity contribution in [2.45, 2.75) is 6.54 Å². The average Bonchev–Trinajstić information content (AvgIpc) is 2.78. The van der Waals surface area contributed by atoms with Gasteiger partial charge in [0.25, 0.3) is 5.91 Å². The minimum absolute atomic E-state index is 0.236. The first kappa shape index (κ1) is 19.9. The van der Waals surface area contributed by atoms with Gasteiger partial charge in [-0.3, -0.25) is 4.79 Å². The Labute approximate surface area is 168 Å². The third-order valence-electron chi connectivity index (χ3n) is 4.23. The van der Waals surface area contributed by atoms with Crippen LogP contribution in [0.2, 0.25) is 0 Å². The van der Waals surface area contributed by atoms with E-state index in [-0.39, 0.29) is 11.3 Å². The molecule has 0 atom stereocenters. The molecular weight excluding hydrogens is 370 g/mol. The molecule has 3 rings (SSSR count). The molecule has 0 radical (unpaired) electrons. The van der Waals surface area contributed by atoms with E-state index in [4.69, 9.17) is 9.47 Å². The van der Waals surface area contributed by atoms with E-state index < -0.39 is 11.9 Å². The molecule has 0 aliphatic rings. The van der Waals surface area contributed by atoms with E-state index in [1.54, 1.807) is 49.7 Å². The molecule has 0 aliphatic carbocycles. The summed E-state index contributed by atoms with van der Waals surface area (Å²) in [4.78, 5) is 28.5. The predicted molar refractivity (Wildman–Crippen MR) is 110 cm³/mol. The van der Waals surface area contributed by atoms with Gasteiger partial charge in [0.1, 0.15) is 11.4 Å². The highest BCUT2D eigenvalue weighted by Gasteiger charge is 2.14. The van der Waals surface area contributed by atoms with Crippen LogP contribution in [0.25, 0.3) is 0 Å². The lowest BCUT2D eigenvalue weighted by Crippen LogP contribution is -2.16. The molecule has 1 aromatic heterocycles. The largest absolute Gasteiger partial charge is 0.497 e. The van der Waals surface area contributed by atoms with E-state index in [0.29, 0.717) is 12.2 Å². The van der Waals surface area contributed by atoms with Gasteiger partial charge in [0.2, 0.25) is 0 Å². The summed E-state index contributed by atoms with van der Waals surface area (Å²) in [5.41, 5.74) is 2.76. The summed E-state index contributed by atoms with van der Waals surface area (Å²) in [5, 5.41) is 5.95. The first-order valence-corrected chi connectivity index (χ1v) is 8.92. The lowest BCUT2D eigenvalue weighted by molar-refractivity contribution is 0.0602. The van der Waals surface area contributed by atoms with Crippen molar-refractivity contribution in [2.75, 3.05) is 24.9 Å². The summed E-state index contributed by atoms with van der Waals surface area (Å²) in [6.45, 7) is 0.615. The summed E-state index contributed by atoms with van der Waals surface area (Å²) >= 11 is 0. The van der Waals surface area contributed by atoms with Crippen molar-refractivity contribution in [2.24, 2.45) is 0 Å². The van der Waals surface area contributed by atoms with Crippen LogP contribution >= 0.6 is 0 Å². The van der Waals surface area contributed by atoms with Gasteiger partial charge >= 0.3 is 5.97 Å². The minimum atomic E-state index is -0.521. The van der Waals surface area contributed by atoms with Gasteiger partial charge in [-0.05, 0) is 42.0 Å². The molecule has 2 aromatic carbocycles. The molecule has 0 saturated carbocycles. The van der Waals surface area contributed by atoms with Crippen LogP contribution in [0.15, 0.2) is 66.9 Å². The number of hydrogen-bond acceptors (Lipinski definition) is 6. The van der Waals surface area contributed by atoms with Gasteiger partial charge in [0.15, 0.2) is 0 Å². The highest BCUT2D eigenvalue weighted by molar-refractivity contribution is 6.07. The molecular formula is C22H21N3O4. The quantitative estimate of drug-likeness (QED) is 0.597. The number of aromatic nitrogens is 1. The van der Waals surface area contributed by atoms with Crippen LogP contribution in [0.3, 0.4) is 0 Å². The van der Waals surface area contributed by atoms with Crippen LogP contribution in [0.1, 0.15) is 26.4 Å². The third-order valence-corrected chi connectivity index (χ3v) is 4.23. The Kier molecular flexibility index (Phi) is 6.42. The van der Waals surface area contributed by atoms with E-state index in [9.17, 15) is 9.59 Å². The van der Waals surface area contributed by atoms with Crippen LogP contribution in [0, 0.1) is 0 Å². The van der Waals surface area contributed by atoms with Crippen molar-refractivity contribution in [3.8, 4) is 5.75 Å². The summed E-state index contributed by atoms with van der Waals surface area (Å²) in [6, 6.07) is 17.8. The van der Waals surface area contributed by atoms with Crippen molar-refractivity contribution >= 4 is 23.3 Å². The Balaban J connectivity index is 1.62. The van der Waals surface area contributed by atoms with Gasteiger partial charge in [0.05, 0.1) is 37.4 Å². The SMILES string of the molecule is COC(=O)c1ccccc1NC(=O)c1ccc(NCc2ccc(OC)cc2)cn1. The third kappa shape index (κ3) is 5.10. The second-order valence-electron chi connectivity index (χ2n) is 6.13. The number of amides is 1. The normalized spacial score (nSPS) is 10.1. The summed E-state index contributed by atoms with van der Waals surface area (Å²) < 4.78 is 9.88. The number of nitrogens with one attached hydrogen (secondary N) is 2. The monoisotopic (exact) mass is 391 g/mol. The maximum atomic E-state index is 12.5. The van der Waals surface area contributed by atoms with Crippen molar-refractivity contribution < 1.29 is 19.1 Å². The highest BCUT2D eigenvalue weighted by atomic mass is 16.5. The lowest BCUT2D eigenvalue weighted by Gasteiger charge is -2.10. The lowest BCUT2D eigenvalue weighted by atomic mass is 10.1. The van der Waals surface area contributed by atoms with Crippen LogP contribution < -0.4 is 15.4 Å². The van der Waals surface area contributed by atoms with Crippen molar-refractivity contribution in [3.05, 3.63) is 83.7 Å². The van der Waals surface area contributed by atoms with E-state index in [1.165, 1.54) is 7.11 Å². The standard InChI is InChI=1S/C22H21N3O4/c1-28-17-10-7-15(8-11-17)13-23-16-9-12-20(24-14-16)21(26)25-19-6-4-3-5-18(19)22(27)29-2/h3-12,14,23H,13H2,1-2H3,(H,25,26). The summed E-state index contributed by atoms with van der Waals surface area (Å²) in [5.74, 6) is -0.130. The Morgan fingerprint density at radius 1 is 0.966 bits per heavy atom. The zero-order valence-corrected chi connectivity index (χ0v) is 16.1. The minimum Gasteiger partial charge on any atom is -0.497 e. The Bertz CT molecular complexity index is 986. The van der Waals surface area contributed by atoms with E-state index >= 15 is 0 Å². The van der Waals surface area contributed by atoms with Crippen LogP contribution in [0.5, 0.6) is 5.75 Å². The molecule has 0 aliphatic heterocycles. The van der Waals surface area contributed by atoms with Gasteiger partial charge in [-0.2, -0.15) is 0 Å². The fourth-order valence-corrected chi connectivity index (χ4v) is 2.65. The zero-order valence-electron chi connectivity index (χ0n) is 16.1. The number of benzene rings is 2. The topological polar surface area (TPSA) is 89.5 Å². The zero-order chi connectivity index (χ0) is 20.6. The molecule has 29 heavy (non-hydrogen) atoms. The Hall–Kier alpha value is -3.87. The molecule has 1 amide bonds. The maximum Gasteiger partial charge on any atom is 0.339 e. The molecule has 3 aromatic rings. The van der Waals surface area contributed by atoms with E-state index in [0.717, 1.165) is 17.0 Å². The first-order chi connectivity index (χ1) is 14.1. The maximum absolute atomic E-state index is 12.5. The molecule has 1 heterocycles. The number of carbonyl (C=O) groups excluding carboxylic acids is 2. The van der Waals surface area contributed by atoms with Crippen LogP contribution in [-0.4, -0.2) is 31.1 Å². The molecule has 0 spiro atoms. The van der Waals surface area contributed by atoms with Gasteiger partial charge < -0.3 is 20.1 Å². The number of para-hydroxylation sites is 1. The first-order valence-electron chi connectivity index (χ1n) is 8.92. The fraction of sp³-hybridized carbons (Fsp3) is 0.136. The molecule has 7 heteroatoms. The molecule has 0 saturated heterocycles. The van der Waals surface area contributed by atoms with E-state index in [1.807, 2.05) is 24.3 Å².